The Kier molecular flexibility index (Phi) is 3.75. The Balaban J connectivity index is 1.68. The highest BCUT2D eigenvalue weighted by atomic mass is 35.5. The van der Waals surface area contributed by atoms with Crippen LogP contribution in [0.3, 0.4) is 0 Å². The molecule has 0 atom stereocenters. The molecule has 1 fully saturated rings. The van der Waals surface area contributed by atoms with Gasteiger partial charge in [0, 0.05) is 16.8 Å². The summed E-state index contributed by atoms with van der Waals surface area (Å²) in [5, 5.41) is 14.6. The van der Waals surface area contributed by atoms with Gasteiger partial charge in [0.05, 0.1) is 0 Å². The highest BCUT2D eigenvalue weighted by molar-refractivity contribution is 6.31. The molecule has 1 saturated carbocycles. The van der Waals surface area contributed by atoms with Gasteiger partial charge >= 0.3 is 0 Å². The number of hydrogen-bond acceptors (Lipinski definition) is 4. The van der Waals surface area contributed by atoms with E-state index in [1.54, 1.807) is 12.1 Å². The second kappa shape index (κ2) is 5.69. The topological polar surface area (TPSA) is 66.9 Å². The molecule has 6 heteroatoms. The first kappa shape index (κ1) is 13.8. The van der Waals surface area contributed by atoms with Crippen LogP contribution in [0.2, 0.25) is 5.02 Å². The summed E-state index contributed by atoms with van der Waals surface area (Å²) in [6, 6.07) is 9.36. The maximum atomic E-state index is 11.8. The molecule has 5 nitrogen and oxygen atoms in total. The summed E-state index contributed by atoms with van der Waals surface area (Å²) in [4.78, 5) is 11.8. The van der Waals surface area contributed by atoms with Gasteiger partial charge in [-0.3, -0.25) is 4.79 Å². The minimum atomic E-state index is -0.171. The minimum Gasteiger partial charge on any atom is -0.348 e. The van der Waals surface area contributed by atoms with Crippen LogP contribution >= 0.6 is 11.6 Å². The first-order valence-electron chi connectivity index (χ1n) is 6.79. The maximum absolute atomic E-state index is 11.8. The lowest BCUT2D eigenvalue weighted by atomic mass is 10.2. The van der Waals surface area contributed by atoms with E-state index in [1.165, 1.54) is 0 Å². The SMILES string of the molecule is Cc1ccc(Nc2ccc(C(=O)NC3CC3)nn2)cc1Cl. The fraction of sp³-hybridized carbons (Fsp3) is 0.267. The number of carbonyl (C=O) groups is 1. The molecule has 21 heavy (non-hydrogen) atoms. The Hall–Kier alpha value is -2.14. The quantitative estimate of drug-likeness (QED) is 0.911. The van der Waals surface area contributed by atoms with Crippen molar-refractivity contribution in [2.24, 2.45) is 0 Å². The second-order valence-corrected chi connectivity index (χ2v) is 5.55. The molecule has 0 unspecified atom stereocenters. The van der Waals surface area contributed by atoms with Crippen LogP contribution < -0.4 is 10.6 Å². The van der Waals surface area contributed by atoms with E-state index in [4.69, 9.17) is 11.6 Å². The van der Waals surface area contributed by atoms with E-state index in [-0.39, 0.29) is 5.91 Å². The average molecular weight is 303 g/mol. The summed E-state index contributed by atoms with van der Waals surface area (Å²) >= 11 is 6.07. The van der Waals surface area contributed by atoms with Crippen LogP contribution in [0.25, 0.3) is 0 Å². The molecule has 0 spiro atoms. The molecule has 3 rings (SSSR count). The molecule has 0 saturated heterocycles. The number of hydrogen-bond donors (Lipinski definition) is 2. The molecule has 108 valence electrons. The van der Waals surface area contributed by atoms with Gasteiger partial charge in [0.25, 0.3) is 5.91 Å². The van der Waals surface area contributed by atoms with Gasteiger partial charge in [-0.15, -0.1) is 10.2 Å². The van der Waals surface area contributed by atoms with Crippen LogP contribution in [0.1, 0.15) is 28.9 Å². The third-order valence-electron chi connectivity index (χ3n) is 3.25. The molecule has 1 aliphatic carbocycles. The summed E-state index contributed by atoms with van der Waals surface area (Å²) in [6.45, 7) is 1.94. The van der Waals surface area contributed by atoms with Crippen LogP contribution in [-0.4, -0.2) is 22.1 Å². The monoisotopic (exact) mass is 302 g/mol. The van der Waals surface area contributed by atoms with Gasteiger partial charge < -0.3 is 10.6 Å². The number of benzene rings is 1. The van der Waals surface area contributed by atoms with Crippen LogP contribution in [0.5, 0.6) is 0 Å². The number of amides is 1. The van der Waals surface area contributed by atoms with Crippen LogP contribution in [-0.2, 0) is 0 Å². The van der Waals surface area contributed by atoms with Gasteiger partial charge in [-0.1, -0.05) is 17.7 Å². The van der Waals surface area contributed by atoms with Gasteiger partial charge in [-0.2, -0.15) is 0 Å². The first-order chi connectivity index (χ1) is 10.1. The average Bonchev–Trinajstić information content (AvgIpc) is 3.28. The molecule has 1 aliphatic rings. The Morgan fingerprint density at radius 2 is 2.05 bits per heavy atom. The van der Waals surface area contributed by atoms with Crippen molar-refractivity contribution in [2.45, 2.75) is 25.8 Å². The van der Waals surface area contributed by atoms with Crippen molar-refractivity contribution in [1.29, 1.82) is 0 Å². The number of rotatable bonds is 4. The highest BCUT2D eigenvalue weighted by Crippen LogP contribution is 2.22. The molecule has 1 aromatic carbocycles. The zero-order valence-corrected chi connectivity index (χ0v) is 12.3. The second-order valence-electron chi connectivity index (χ2n) is 5.14. The predicted molar refractivity (Wildman–Crippen MR) is 82.0 cm³/mol. The van der Waals surface area contributed by atoms with Gasteiger partial charge in [-0.25, -0.2) is 0 Å². The number of halogens is 1. The van der Waals surface area contributed by atoms with Crippen molar-refractivity contribution in [2.75, 3.05) is 5.32 Å². The largest absolute Gasteiger partial charge is 0.348 e. The molecule has 0 bridgehead atoms. The molecule has 0 aliphatic heterocycles. The Labute approximate surface area is 127 Å². The zero-order chi connectivity index (χ0) is 14.8. The summed E-state index contributed by atoms with van der Waals surface area (Å²) in [5.74, 6) is 0.396. The number of carbonyl (C=O) groups excluding carboxylic acids is 1. The molecule has 1 amide bonds. The third-order valence-corrected chi connectivity index (χ3v) is 3.66. The fourth-order valence-corrected chi connectivity index (χ4v) is 2.01. The molecule has 2 N–H and O–H groups in total. The Bertz CT molecular complexity index is 668. The standard InChI is InChI=1S/C15H15ClN4O/c1-9-2-3-11(8-12(9)16)17-14-7-6-13(19-20-14)15(21)18-10-4-5-10/h2-3,6-8,10H,4-5H2,1H3,(H,17,20)(H,18,21). The van der Waals surface area contributed by atoms with Crippen LogP contribution in [0.15, 0.2) is 30.3 Å². The van der Waals surface area contributed by atoms with E-state index in [0.29, 0.717) is 22.6 Å². The van der Waals surface area contributed by atoms with Crippen molar-refractivity contribution >= 4 is 29.0 Å². The maximum Gasteiger partial charge on any atom is 0.272 e. The van der Waals surface area contributed by atoms with Crippen LogP contribution in [0, 0.1) is 6.92 Å². The van der Waals surface area contributed by atoms with Gasteiger partial charge in [-0.05, 0) is 49.6 Å². The van der Waals surface area contributed by atoms with E-state index < -0.39 is 0 Å². The highest BCUT2D eigenvalue weighted by Gasteiger charge is 2.24. The van der Waals surface area contributed by atoms with E-state index in [9.17, 15) is 4.79 Å². The predicted octanol–water partition coefficient (Wildman–Crippen LogP) is 3.07. The van der Waals surface area contributed by atoms with Gasteiger partial charge in [0.1, 0.15) is 0 Å². The molecule has 1 heterocycles. The molecule has 1 aromatic heterocycles. The summed E-state index contributed by atoms with van der Waals surface area (Å²) < 4.78 is 0. The Morgan fingerprint density at radius 1 is 1.24 bits per heavy atom. The number of aromatic nitrogens is 2. The number of nitrogens with one attached hydrogen (secondary N) is 2. The lowest BCUT2D eigenvalue weighted by Crippen LogP contribution is -2.26. The van der Waals surface area contributed by atoms with E-state index in [0.717, 1.165) is 24.1 Å². The van der Waals surface area contributed by atoms with Crippen molar-refractivity contribution in [3.8, 4) is 0 Å². The smallest absolute Gasteiger partial charge is 0.272 e. The van der Waals surface area contributed by atoms with Crippen molar-refractivity contribution in [3.63, 3.8) is 0 Å². The fourth-order valence-electron chi connectivity index (χ4n) is 1.83. The third kappa shape index (κ3) is 3.49. The number of aryl methyl sites for hydroxylation is 1. The minimum absolute atomic E-state index is 0.171. The van der Waals surface area contributed by atoms with Crippen molar-refractivity contribution in [3.05, 3.63) is 46.6 Å². The van der Waals surface area contributed by atoms with Crippen molar-refractivity contribution in [1.82, 2.24) is 15.5 Å². The molecular formula is C15H15ClN4O. The number of anilines is 2. The normalized spacial score (nSPS) is 13.8. The van der Waals surface area contributed by atoms with Gasteiger partial charge in [0.2, 0.25) is 0 Å². The van der Waals surface area contributed by atoms with Crippen LogP contribution in [0.4, 0.5) is 11.5 Å². The van der Waals surface area contributed by atoms with E-state index >= 15 is 0 Å². The molecular weight excluding hydrogens is 288 g/mol. The first-order valence-corrected chi connectivity index (χ1v) is 7.17. The summed E-state index contributed by atoms with van der Waals surface area (Å²) in [7, 11) is 0. The van der Waals surface area contributed by atoms with Crippen molar-refractivity contribution < 1.29 is 4.79 Å². The summed E-state index contributed by atoms with van der Waals surface area (Å²) in [5.41, 5.74) is 2.17. The van der Waals surface area contributed by atoms with E-state index in [1.807, 2.05) is 25.1 Å². The lowest BCUT2D eigenvalue weighted by Gasteiger charge is -2.07. The summed E-state index contributed by atoms with van der Waals surface area (Å²) in [6.07, 6.45) is 2.10. The molecule has 2 aromatic rings. The Morgan fingerprint density at radius 3 is 2.67 bits per heavy atom. The number of nitrogens with zero attached hydrogens (tertiary/aromatic N) is 2. The zero-order valence-electron chi connectivity index (χ0n) is 11.6. The van der Waals surface area contributed by atoms with Gasteiger partial charge in [0.15, 0.2) is 11.5 Å². The lowest BCUT2D eigenvalue weighted by molar-refractivity contribution is 0.0945. The van der Waals surface area contributed by atoms with E-state index in [2.05, 4.69) is 20.8 Å². The molecule has 0 radical (unpaired) electrons.